The van der Waals surface area contributed by atoms with Crippen LogP contribution in [-0.2, 0) is 6.42 Å². The number of hydrogen-bond acceptors (Lipinski definition) is 8. The van der Waals surface area contributed by atoms with Crippen LogP contribution in [0.4, 0.5) is 5.82 Å². The number of nitrogen functional groups attached to an aromatic ring is 1. The van der Waals surface area contributed by atoms with Crippen molar-refractivity contribution in [3.63, 3.8) is 0 Å². The van der Waals surface area contributed by atoms with E-state index in [9.17, 15) is 0 Å². The molecule has 9 nitrogen and oxygen atoms in total. The number of pyridine rings is 1. The van der Waals surface area contributed by atoms with Crippen LogP contribution in [-0.4, -0.2) is 37.8 Å². The minimum Gasteiger partial charge on any atom is -0.488 e. The summed E-state index contributed by atoms with van der Waals surface area (Å²) in [5, 5.41) is 7.08. The van der Waals surface area contributed by atoms with Crippen molar-refractivity contribution in [3.05, 3.63) is 71.9 Å². The number of rotatable bonds is 7. The minimum absolute atomic E-state index is 0.203. The second-order valence-electron chi connectivity index (χ2n) is 8.20. The van der Waals surface area contributed by atoms with Crippen molar-refractivity contribution < 1.29 is 9.15 Å². The van der Waals surface area contributed by atoms with Crippen molar-refractivity contribution in [2.75, 3.05) is 12.3 Å². The van der Waals surface area contributed by atoms with Crippen LogP contribution in [0.5, 0.6) is 5.75 Å². The molecular formula is C25H25N7O2. The van der Waals surface area contributed by atoms with Crippen LogP contribution in [0.15, 0.2) is 59.3 Å². The number of furan rings is 1. The molecule has 0 amide bonds. The van der Waals surface area contributed by atoms with Gasteiger partial charge in [0.2, 0.25) is 0 Å². The van der Waals surface area contributed by atoms with Gasteiger partial charge in [0.05, 0.1) is 29.5 Å². The number of nitrogens with two attached hydrogens (primary N) is 2. The van der Waals surface area contributed by atoms with E-state index in [-0.39, 0.29) is 18.5 Å². The number of ether oxygens (including phenoxy) is 1. The molecule has 0 saturated heterocycles. The number of fused-ring (bicyclic) bond motifs is 1. The van der Waals surface area contributed by atoms with E-state index in [0.717, 1.165) is 28.1 Å². The zero-order valence-electron chi connectivity index (χ0n) is 18.9. The first kappa shape index (κ1) is 21.6. The maximum absolute atomic E-state index is 6.32. The molecule has 5 aromatic rings. The molecule has 34 heavy (non-hydrogen) atoms. The normalized spacial score (nSPS) is 12.2. The Hall–Kier alpha value is -4.24. The number of aromatic nitrogens is 5. The topological polar surface area (TPSA) is 142 Å². The highest BCUT2D eigenvalue weighted by Gasteiger charge is 2.20. The van der Waals surface area contributed by atoms with Crippen LogP contribution in [0.2, 0.25) is 0 Å². The number of aryl methyl sites for hydroxylation is 2. The molecule has 0 saturated carbocycles. The maximum Gasteiger partial charge on any atom is 0.199 e. The predicted molar refractivity (Wildman–Crippen MR) is 130 cm³/mol. The molecule has 0 aliphatic carbocycles. The van der Waals surface area contributed by atoms with E-state index < -0.39 is 0 Å². The molecular weight excluding hydrogens is 430 g/mol. The monoisotopic (exact) mass is 455 g/mol. The van der Waals surface area contributed by atoms with Gasteiger partial charge in [0.15, 0.2) is 17.2 Å². The van der Waals surface area contributed by atoms with Gasteiger partial charge < -0.3 is 20.6 Å². The SMILES string of the molecule is Cc1occc1-c1nc(N)c(OC[C@@H](N)Cc2ccccc2)cc1-c1cnc2n[nH]c(C)c2n1. The highest BCUT2D eigenvalue weighted by Crippen LogP contribution is 2.37. The third-order valence-electron chi connectivity index (χ3n) is 5.64. The first-order chi connectivity index (χ1) is 16.5. The molecule has 0 fully saturated rings. The quantitative estimate of drug-likeness (QED) is 0.336. The Bertz CT molecular complexity index is 1440. The molecule has 4 aromatic heterocycles. The van der Waals surface area contributed by atoms with Crippen molar-refractivity contribution in [2.24, 2.45) is 5.73 Å². The molecule has 0 bridgehead atoms. The zero-order chi connectivity index (χ0) is 23.7. The molecule has 0 spiro atoms. The van der Waals surface area contributed by atoms with E-state index in [1.54, 1.807) is 12.5 Å². The van der Waals surface area contributed by atoms with Crippen LogP contribution >= 0.6 is 0 Å². The number of nitrogens with zero attached hydrogens (tertiary/aromatic N) is 4. The van der Waals surface area contributed by atoms with Crippen LogP contribution in [0, 0.1) is 13.8 Å². The summed E-state index contributed by atoms with van der Waals surface area (Å²) in [4.78, 5) is 13.9. The lowest BCUT2D eigenvalue weighted by atomic mass is 10.0. The van der Waals surface area contributed by atoms with E-state index in [0.29, 0.717) is 34.7 Å². The van der Waals surface area contributed by atoms with E-state index in [2.05, 4.69) is 20.2 Å². The number of nitrogens with one attached hydrogen (secondary N) is 1. The third kappa shape index (κ3) is 4.20. The molecule has 9 heteroatoms. The van der Waals surface area contributed by atoms with Crippen LogP contribution < -0.4 is 16.2 Å². The van der Waals surface area contributed by atoms with E-state index >= 15 is 0 Å². The molecule has 0 radical (unpaired) electrons. The van der Waals surface area contributed by atoms with E-state index in [4.69, 9.17) is 25.6 Å². The minimum atomic E-state index is -0.203. The average molecular weight is 456 g/mol. The second-order valence-corrected chi connectivity index (χ2v) is 8.20. The summed E-state index contributed by atoms with van der Waals surface area (Å²) in [6, 6.07) is 13.5. The number of aromatic amines is 1. The zero-order valence-corrected chi connectivity index (χ0v) is 18.9. The molecule has 172 valence electrons. The molecule has 5 N–H and O–H groups in total. The highest BCUT2D eigenvalue weighted by molar-refractivity contribution is 5.85. The predicted octanol–water partition coefficient (Wildman–Crippen LogP) is 3.82. The standard InChI is InChI=1S/C25H25N7O2/c1-14-22-25(32-31-14)28-12-20(29-22)19-11-21(24(27)30-23(19)18-8-9-33-15(18)2)34-13-17(26)10-16-6-4-3-5-7-16/h3-9,11-12,17H,10,13,26H2,1-2H3,(H2,27,30)(H,28,31,32)/t17-/m0/s1. The number of hydrogen-bond donors (Lipinski definition) is 3. The summed E-state index contributed by atoms with van der Waals surface area (Å²) in [6.07, 6.45) is 3.98. The number of H-pyrrole nitrogens is 1. The maximum atomic E-state index is 6.32. The fraction of sp³-hybridized carbons (Fsp3) is 0.200. The van der Waals surface area contributed by atoms with Crippen LogP contribution in [0.25, 0.3) is 33.7 Å². The van der Waals surface area contributed by atoms with E-state index in [1.165, 1.54) is 0 Å². The molecule has 5 rings (SSSR count). The number of benzene rings is 1. The molecule has 0 unspecified atom stereocenters. The van der Waals surface area contributed by atoms with Gasteiger partial charge in [0.25, 0.3) is 0 Å². The lowest BCUT2D eigenvalue weighted by Crippen LogP contribution is -2.30. The van der Waals surface area contributed by atoms with Gasteiger partial charge in [-0.1, -0.05) is 30.3 Å². The Morgan fingerprint density at radius 1 is 1.09 bits per heavy atom. The van der Waals surface area contributed by atoms with Gasteiger partial charge in [0.1, 0.15) is 17.9 Å². The fourth-order valence-corrected chi connectivity index (χ4v) is 3.86. The molecule has 0 aliphatic rings. The number of anilines is 1. The van der Waals surface area contributed by atoms with Gasteiger partial charge in [-0.05, 0) is 38.0 Å². The first-order valence-corrected chi connectivity index (χ1v) is 10.9. The lowest BCUT2D eigenvalue weighted by molar-refractivity contribution is 0.288. The van der Waals surface area contributed by atoms with Gasteiger partial charge in [-0.15, -0.1) is 0 Å². The van der Waals surface area contributed by atoms with Crippen LogP contribution in [0.1, 0.15) is 17.0 Å². The summed E-state index contributed by atoms with van der Waals surface area (Å²) in [5.74, 6) is 1.43. The van der Waals surface area contributed by atoms with Gasteiger partial charge in [-0.3, -0.25) is 5.10 Å². The Morgan fingerprint density at radius 3 is 2.68 bits per heavy atom. The van der Waals surface area contributed by atoms with Crippen molar-refractivity contribution in [3.8, 4) is 28.3 Å². The van der Waals surface area contributed by atoms with Crippen molar-refractivity contribution in [1.29, 1.82) is 0 Å². The van der Waals surface area contributed by atoms with Gasteiger partial charge in [-0.2, -0.15) is 5.10 Å². The Labute approximate surface area is 196 Å². The Morgan fingerprint density at radius 2 is 1.91 bits per heavy atom. The van der Waals surface area contributed by atoms with Crippen molar-refractivity contribution in [2.45, 2.75) is 26.3 Å². The summed E-state index contributed by atoms with van der Waals surface area (Å²) in [5.41, 5.74) is 18.6. The van der Waals surface area contributed by atoms with Crippen molar-refractivity contribution >= 4 is 17.0 Å². The second kappa shape index (κ2) is 8.95. The fourth-order valence-electron chi connectivity index (χ4n) is 3.86. The summed E-state index contributed by atoms with van der Waals surface area (Å²) in [6.45, 7) is 4.06. The van der Waals surface area contributed by atoms with Gasteiger partial charge in [-0.25, -0.2) is 15.0 Å². The average Bonchev–Trinajstić information content (AvgIpc) is 3.43. The Balaban J connectivity index is 1.51. The summed E-state index contributed by atoms with van der Waals surface area (Å²) >= 11 is 0. The summed E-state index contributed by atoms with van der Waals surface area (Å²) < 4.78 is 11.5. The Kier molecular flexibility index (Phi) is 5.69. The third-order valence-corrected chi connectivity index (χ3v) is 5.64. The lowest BCUT2D eigenvalue weighted by Gasteiger charge is -2.17. The largest absolute Gasteiger partial charge is 0.488 e. The molecule has 1 aromatic carbocycles. The summed E-state index contributed by atoms with van der Waals surface area (Å²) in [7, 11) is 0. The highest BCUT2D eigenvalue weighted by atomic mass is 16.5. The molecule has 4 heterocycles. The molecule has 1 atom stereocenters. The van der Waals surface area contributed by atoms with E-state index in [1.807, 2.05) is 56.3 Å². The van der Waals surface area contributed by atoms with Crippen molar-refractivity contribution in [1.82, 2.24) is 25.1 Å². The molecule has 0 aliphatic heterocycles. The van der Waals surface area contributed by atoms with Crippen LogP contribution in [0.3, 0.4) is 0 Å². The van der Waals surface area contributed by atoms with Gasteiger partial charge >= 0.3 is 0 Å². The van der Waals surface area contributed by atoms with Gasteiger partial charge in [0, 0.05) is 17.2 Å². The first-order valence-electron chi connectivity index (χ1n) is 10.9. The smallest absolute Gasteiger partial charge is 0.199 e.